The monoisotopic (exact) mass is 399 g/mol. The Kier molecular flexibility index (Phi) is 6.70. The minimum absolute atomic E-state index is 0.0823. The molecule has 6 nitrogen and oxygen atoms in total. The van der Waals surface area contributed by atoms with Gasteiger partial charge in [-0.05, 0) is 63.1 Å². The van der Waals surface area contributed by atoms with E-state index in [2.05, 4.69) is 15.5 Å². The van der Waals surface area contributed by atoms with E-state index in [9.17, 15) is 9.59 Å². The molecule has 1 atom stereocenters. The zero-order valence-electron chi connectivity index (χ0n) is 17.3. The summed E-state index contributed by atoms with van der Waals surface area (Å²) in [5, 5.41) is 6.10. The summed E-state index contributed by atoms with van der Waals surface area (Å²) in [6.07, 6.45) is 9.90. The summed E-state index contributed by atoms with van der Waals surface area (Å²) in [6.45, 7) is 3.26. The lowest BCUT2D eigenvalue weighted by atomic mass is 10.0. The van der Waals surface area contributed by atoms with Crippen molar-refractivity contribution in [2.45, 2.75) is 63.9 Å². The Bertz CT molecular complexity index is 718. The standard InChI is InChI=1S/C23H33N3O3/c27-22(17-7-2-3-8-17)25-18-10-11-21(26-12-4-1-5-13-26)20(15-18)23(28)24-16-19-9-6-14-29-19/h10-11,15,17,19H,1-9,12-14,16H2,(H,24,28)(H,25,27)/t19-/m1/s1. The number of hydrogen-bond acceptors (Lipinski definition) is 4. The summed E-state index contributed by atoms with van der Waals surface area (Å²) in [7, 11) is 0. The number of piperidine rings is 1. The van der Waals surface area contributed by atoms with Crippen LogP contribution in [-0.4, -0.2) is 44.2 Å². The molecule has 2 heterocycles. The maximum atomic E-state index is 13.1. The van der Waals surface area contributed by atoms with E-state index in [0.29, 0.717) is 17.8 Å². The largest absolute Gasteiger partial charge is 0.376 e. The summed E-state index contributed by atoms with van der Waals surface area (Å²) in [4.78, 5) is 27.9. The van der Waals surface area contributed by atoms with E-state index >= 15 is 0 Å². The number of rotatable bonds is 6. The molecule has 2 aliphatic heterocycles. The number of nitrogens with one attached hydrogen (secondary N) is 2. The van der Waals surface area contributed by atoms with E-state index < -0.39 is 0 Å². The van der Waals surface area contributed by atoms with Crippen molar-refractivity contribution in [3.8, 4) is 0 Å². The van der Waals surface area contributed by atoms with E-state index in [4.69, 9.17) is 4.74 Å². The molecule has 0 unspecified atom stereocenters. The number of amides is 2. The summed E-state index contributed by atoms with van der Waals surface area (Å²) in [6, 6.07) is 5.78. The molecule has 0 bridgehead atoms. The molecule has 158 valence electrons. The van der Waals surface area contributed by atoms with Crippen LogP contribution in [0.4, 0.5) is 11.4 Å². The van der Waals surface area contributed by atoms with E-state index in [1.54, 1.807) is 0 Å². The first-order valence-corrected chi connectivity index (χ1v) is 11.3. The van der Waals surface area contributed by atoms with Crippen molar-refractivity contribution in [1.82, 2.24) is 5.32 Å². The van der Waals surface area contributed by atoms with Crippen LogP contribution in [0, 0.1) is 5.92 Å². The van der Waals surface area contributed by atoms with Crippen molar-refractivity contribution < 1.29 is 14.3 Å². The second kappa shape index (κ2) is 9.61. The Labute approximate surface area is 173 Å². The predicted molar refractivity (Wildman–Crippen MR) is 114 cm³/mol. The molecule has 1 aromatic carbocycles. The van der Waals surface area contributed by atoms with Gasteiger partial charge in [0.15, 0.2) is 0 Å². The number of ether oxygens (including phenoxy) is 1. The molecule has 6 heteroatoms. The highest BCUT2D eigenvalue weighted by molar-refractivity contribution is 6.02. The van der Waals surface area contributed by atoms with Gasteiger partial charge in [0.25, 0.3) is 5.91 Å². The minimum atomic E-state index is -0.0851. The van der Waals surface area contributed by atoms with Crippen molar-refractivity contribution in [2.75, 3.05) is 36.5 Å². The first-order chi connectivity index (χ1) is 14.2. The van der Waals surface area contributed by atoms with Crippen molar-refractivity contribution in [3.63, 3.8) is 0 Å². The van der Waals surface area contributed by atoms with Crippen LogP contribution < -0.4 is 15.5 Å². The van der Waals surface area contributed by atoms with E-state index in [1.807, 2.05) is 18.2 Å². The van der Waals surface area contributed by atoms with E-state index in [0.717, 1.165) is 76.8 Å². The van der Waals surface area contributed by atoms with Gasteiger partial charge >= 0.3 is 0 Å². The maximum Gasteiger partial charge on any atom is 0.253 e. The third kappa shape index (κ3) is 5.10. The van der Waals surface area contributed by atoms with Crippen LogP contribution in [0.5, 0.6) is 0 Å². The van der Waals surface area contributed by atoms with Crippen LogP contribution in [0.15, 0.2) is 18.2 Å². The van der Waals surface area contributed by atoms with Crippen molar-refractivity contribution in [1.29, 1.82) is 0 Å². The van der Waals surface area contributed by atoms with Crippen LogP contribution >= 0.6 is 0 Å². The van der Waals surface area contributed by atoms with Gasteiger partial charge in [0.2, 0.25) is 5.91 Å². The number of carbonyl (C=O) groups excluding carboxylic acids is 2. The lowest BCUT2D eigenvalue weighted by Gasteiger charge is -2.30. The fourth-order valence-electron chi connectivity index (χ4n) is 4.75. The van der Waals surface area contributed by atoms with Gasteiger partial charge in [0, 0.05) is 43.5 Å². The van der Waals surface area contributed by atoms with Gasteiger partial charge in [-0.1, -0.05) is 12.8 Å². The average Bonchev–Trinajstić information content (AvgIpc) is 3.47. The quantitative estimate of drug-likeness (QED) is 0.765. The molecule has 0 aromatic heterocycles. The molecule has 1 aliphatic carbocycles. The number of anilines is 2. The molecule has 0 radical (unpaired) electrons. The predicted octanol–water partition coefficient (Wildman–Crippen LogP) is 3.71. The van der Waals surface area contributed by atoms with Gasteiger partial charge in [-0.25, -0.2) is 0 Å². The van der Waals surface area contributed by atoms with E-state index in [-0.39, 0.29) is 23.8 Å². The maximum absolute atomic E-state index is 13.1. The molecule has 1 saturated carbocycles. The average molecular weight is 400 g/mol. The number of nitrogens with zero attached hydrogens (tertiary/aromatic N) is 1. The Balaban J connectivity index is 1.50. The van der Waals surface area contributed by atoms with E-state index in [1.165, 1.54) is 6.42 Å². The highest BCUT2D eigenvalue weighted by atomic mass is 16.5. The molecular formula is C23H33N3O3. The molecule has 29 heavy (non-hydrogen) atoms. The summed E-state index contributed by atoms with van der Waals surface area (Å²) < 4.78 is 5.64. The lowest BCUT2D eigenvalue weighted by Crippen LogP contribution is -2.35. The fourth-order valence-corrected chi connectivity index (χ4v) is 4.75. The van der Waals surface area contributed by atoms with Gasteiger partial charge in [0.05, 0.1) is 11.7 Å². The third-order valence-electron chi connectivity index (χ3n) is 6.45. The van der Waals surface area contributed by atoms with Gasteiger partial charge in [0.1, 0.15) is 0 Å². The highest BCUT2D eigenvalue weighted by Crippen LogP contribution is 2.29. The molecule has 3 fully saturated rings. The van der Waals surface area contributed by atoms with Crippen molar-refractivity contribution in [3.05, 3.63) is 23.8 Å². The van der Waals surface area contributed by atoms with Crippen molar-refractivity contribution in [2.24, 2.45) is 5.92 Å². The molecule has 2 amide bonds. The third-order valence-corrected chi connectivity index (χ3v) is 6.45. The van der Waals surface area contributed by atoms with Crippen LogP contribution in [0.1, 0.15) is 68.1 Å². The second-order valence-electron chi connectivity index (χ2n) is 8.60. The summed E-state index contributed by atoms with van der Waals surface area (Å²) in [5.41, 5.74) is 2.33. The molecule has 1 aromatic rings. The molecule has 3 aliphatic rings. The number of benzene rings is 1. The lowest BCUT2D eigenvalue weighted by molar-refractivity contribution is -0.119. The van der Waals surface area contributed by atoms with Gasteiger partial charge in [-0.3, -0.25) is 9.59 Å². The Morgan fingerprint density at radius 2 is 1.79 bits per heavy atom. The Morgan fingerprint density at radius 1 is 1.00 bits per heavy atom. The van der Waals surface area contributed by atoms with Crippen LogP contribution in [-0.2, 0) is 9.53 Å². The molecular weight excluding hydrogens is 366 g/mol. The van der Waals surface area contributed by atoms with Gasteiger partial charge < -0.3 is 20.3 Å². The summed E-state index contributed by atoms with van der Waals surface area (Å²) >= 11 is 0. The number of hydrogen-bond donors (Lipinski definition) is 2. The van der Waals surface area contributed by atoms with Gasteiger partial charge in [-0.2, -0.15) is 0 Å². The minimum Gasteiger partial charge on any atom is -0.376 e. The fraction of sp³-hybridized carbons (Fsp3) is 0.652. The van der Waals surface area contributed by atoms with Crippen LogP contribution in [0.2, 0.25) is 0 Å². The molecule has 4 rings (SSSR count). The second-order valence-corrected chi connectivity index (χ2v) is 8.60. The number of carbonyl (C=O) groups is 2. The van der Waals surface area contributed by atoms with Crippen LogP contribution in [0.25, 0.3) is 0 Å². The Morgan fingerprint density at radius 3 is 2.52 bits per heavy atom. The first-order valence-electron chi connectivity index (χ1n) is 11.3. The first kappa shape index (κ1) is 20.2. The molecule has 2 N–H and O–H groups in total. The normalized spacial score (nSPS) is 22.6. The SMILES string of the molecule is O=C(NC[C@H]1CCCO1)c1cc(NC(=O)C2CCCC2)ccc1N1CCCCC1. The zero-order valence-corrected chi connectivity index (χ0v) is 17.3. The van der Waals surface area contributed by atoms with Gasteiger partial charge in [-0.15, -0.1) is 0 Å². The zero-order chi connectivity index (χ0) is 20.1. The van der Waals surface area contributed by atoms with Crippen LogP contribution in [0.3, 0.4) is 0 Å². The Hall–Kier alpha value is -2.08. The molecule has 2 saturated heterocycles. The van der Waals surface area contributed by atoms with Crippen molar-refractivity contribution >= 4 is 23.2 Å². The molecule has 0 spiro atoms. The smallest absolute Gasteiger partial charge is 0.253 e. The topological polar surface area (TPSA) is 70.7 Å². The highest BCUT2D eigenvalue weighted by Gasteiger charge is 2.25. The summed E-state index contributed by atoms with van der Waals surface area (Å²) in [5.74, 6) is 0.102.